The van der Waals surface area contributed by atoms with Gasteiger partial charge in [0.1, 0.15) is 0 Å². The zero-order valence-corrected chi connectivity index (χ0v) is 6.09. The largest absolute Gasteiger partial charge is 0.512 e. The summed E-state index contributed by atoms with van der Waals surface area (Å²) in [5, 5.41) is 6.25. The monoisotopic (exact) mass is 117 g/mol. The van der Waals surface area contributed by atoms with Gasteiger partial charge < -0.3 is 11.8 Å². The van der Waals surface area contributed by atoms with Crippen molar-refractivity contribution in [3.05, 3.63) is 6.57 Å². The quantitative estimate of drug-likeness (QED) is 0.397. The molecule has 0 aliphatic carbocycles. The Hall–Kier alpha value is -0.0800. The lowest BCUT2D eigenvalue weighted by atomic mass is 11.0. The van der Waals surface area contributed by atoms with E-state index in [1.54, 1.807) is 0 Å². The van der Waals surface area contributed by atoms with Crippen molar-refractivity contribution < 1.29 is 0 Å². The van der Waals surface area contributed by atoms with Crippen molar-refractivity contribution >= 4 is 8.58 Å². The van der Waals surface area contributed by atoms with Crippen LogP contribution in [0.5, 0.6) is 0 Å². The second-order valence-electron chi connectivity index (χ2n) is 1.11. The molecule has 0 amide bonds. The maximum Gasteiger partial charge on any atom is 0.0521 e. The summed E-state index contributed by atoms with van der Waals surface area (Å²) in [5.41, 5.74) is 0. The minimum Gasteiger partial charge on any atom is -0.512 e. The molecule has 42 valence electrons. The maximum absolute atomic E-state index is 6.25. The van der Waals surface area contributed by atoms with Gasteiger partial charge in [-0.05, 0) is 22.4 Å². The van der Waals surface area contributed by atoms with E-state index >= 15 is 0 Å². The summed E-state index contributed by atoms with van der Waals surface area (Å²) in [6, 6.07) is 0. The third-order valence-electron chi connectivity index (χ3n) is 0.577. The molecule has 0 radical (unpaired) electrons. The van der Waals surface area contributed by atoms with Crippen LogP contribution in [0.3, 0.4) is 0 Å². The van der Waals surface area contributed by atoms with Crippen LogP contribution in [0.4, 0.5) is 0 Å². The van der Waals surface area contributed by atoms with E-state index < -0.39 is 0 Å². The molecule has 0 heterocycles. The summed E-state index contributed by atoms with van der Waals surface area (Å²) in [5.74, 6) is 0. The van der Waals surface area contributed by atoms with Gasteiger partial charge in [0.05, 0.1) is 12.3 Å². The van der Waals surface area contributed by atoms with E-state index in [1.165, 1.54) is 12.3 Å². The summed E-state index contributed by atoms with van der Waals surface area (Å²) in [6.45, 7) is 9.25. The normalized spacial score (nSPS) is 6.29. The van der Waals surface area contributed by atoms with Gasteiger partial charge in [-0.2, -0.15) is 0 Å². The molecule has 0 atom stereocenters. The summed E-state index contributed by atoms with van der Waals surface area (Å²) in [7, 11) is 0.815. The van der Waals surface area contributed by atoms with Crippen LogP contribution in [0.1, 0.15) is 13.8 Å². The number of hydrogen-bond donors (Lipinski definition) is 0. The van der Waals surface area contributed by atoms with Crippen LogP contribution in [-0.4, -0.2) is 12.3 Å². The molecule has 0 fully saturated rings. The van der Waals surface area contributed by atoms with Crippen LogP contribution in [0.25, 0.3) is 0 Å². The highest BCUT2D eigenvalue weighted by Crippen LogP contribution is 2.03. The van der Waals surface area contributed by atoms with Gasteiger partial charge in [-0.3, -0.25) is 0 Å². The van der Waals surface area contributed by atoms with E-state index in [1.807, 2.05) is 0 Å². The first-order chi connectivity index (χ1) is 3.41. The molecule has 2 heteroatoms. The molecule has 0 aromatic rings. The van der Waals surface area contributed by atoms with E-state index in [4.69, 9.17) is 11.8 Å². The van der Waals surface area contributed by atoms with E-state index in [0.29, 0.717) is 0 Å². The third-order valence-corrected chi connectivity index (χ3v) is 1.73. The van der Waals surface area contributed by atoms with Crippen LogP contribution in [-0.2, 0) is 0 Å². The first-order valence-electron chi connectivity index (χ1n) is 2.45. The highest BCUT2D eigenvalue weighted by molar-refractivity contribution is 7.37. The summed E-state index contributed by atoms with van der Waals surface area (Å²) in [4.78, 5) is 0. The molecule has 1 nitrogen and oxygen atoms in total. The van der Waals surface area contributed by atoms with Crippen LogP contribution in [0, 0.1) is 11.8 Å². The van der Waals surface area contributed by atoms with Gasteiger partial charge in [0.15, 0.2) is 0 Å². The standard InChI is InChI=1S/C4H11P.CN/c1-3-5-4-2;1-2/h5H,3-4H2,1-2H3;/q;-1/p+1. The Balaban J connectivity index is 0. The highest BCUT2D eigenvalue weighted by atomic mass is 31.1. The van der Waals surface area contributed by atoms with Crippen LogP contribution in [0.15, 0.2) is 0 Å². The van der Waals surface area contributed by atoms with E-state index in [9.17, 15) is 0 Å². The van der Waals surface area contributed by atoms with Gasteiger partial charge >= 0.3 is 0 Å². The zero-order chi connectivity index (χ0) is 6.12. The minimum atomic E-state index is 0.815. The second kappa shape index (κ2) is 16.8. The fourth-order valence-corrected chi connectivity index (χ4v) is 0.866. The maximum atomic E-state index is 6.25. The predicted octanol–water partition coefficient (Wildman–Crippen LogP) is 1.53. The molecule has 0 spiro atoms. The van der Waals surface area contributed by atoms with Crippen molar-refractivity contribution in [1.29, 1.82) is 5.26 Å². The van der Waals surface area contributed by atoms with Gasteiger partial charge in [0.2, 0.25) is 0 Å². The average molecular weight is 117 g/mol. The molecule has 0 bridgehead atoms. The molecular formula is C5H12NP. The van der Waals surface area contributed by atoms with Crippen molar-refractivity contribution in [2.45, 2.75) is 13.8 Å². The van der Waals surface area contributed by atoms with Gasteiger partial charge in [-0.1, -0.05) is 0 Å². The van der Waals surface area contributed by atoms with Crippen molar-refractivity contribution in [2.75, 3.05) is 12.3 Å². The fraction of sp³-hybridized carbons (Fsp3) is 0.800. The van der Waals surface area contributed by atoms with Crippen molar-refractivity contribution in [2.24, 2.45) is 0 Å². The van der Waals surface area contributed by atoms with Gasteiger partial charge in [0.25, 0.3) is 0 Å². The average Bonchev–Trinajstić information content (AvgIpc) is 1.75. The predicted molar refractivity (Wildman–Crippen MR) is 35.8 cm³/mol. The van der Waals surface area contributed by atoms with Gasteiger partial charge in [0, 0.05) is 0 Å². The Morgan fingerprint density at radius 2 is 1.57 bits per heavy atom. The molecule has 0 aromatic heterocycles. The molecule has 0 unspecified atom stereocenters. The van der Waals surface area contributed by atoms with Crippen molar-refractivity contribution in [3.8, 4) is 0 Å². The Morgan fingerprint density at radius 1 is 1.29 bits per heavy atom. The Morgan fingerprint density at radius 3 is 1.57 bits per heavy atom. The van der Waals surface area contributed by atoms with E-state index in [-0.39, 0.29) is 0 Å². The highest BCUT2D eigenvalue weighted by Gasteiger charge is 1.75. The SMILES string of the molecule is CC[PH2+]CC.[C-]#N. The molecule has 0 aliphatic rings. The van der Waals surface area contributed by atoms with Crippen LogP contribution in [0.2, 0.25) is 0 Å². The molecule has 0 aromatic carbocycles. The lowest BCUT2D eigenvalue weighted by Crippen LogP contribution is -1.59. The second-order valence-corrected chi connectivity index (χ2v) is 3.32. The van der Waals surface area contributed by atoms with Crippen LogP contribution < -0.4 is 0 Å². The summed E-state index contributed by atoms with van der Waals surface area (Å²) >= 11 is 0. The van der Waals surface area contributed by atoms with Crippen LogP contribution >= 0.6 is 8.58 Å². The minimum absolute atomic E-state index is 0.815. The van der Waals surface area contributed by atoms with Gasteiger partial charge in [-0.25, -0.2) is 0 Å². The lowest BCUT2D eigenvalue weighted by molar-refractivity contribution is 1.44. The van der Waals surface area contributed by atoms with Crippen molar-refractivity contribution in [3.63, 3.8) is 0 Å². The Kier molecular flexibility index (Phi) is 24.1. The Labute approximate surface area is 47.5 Å². The molecule has 0 saturated heterocycles. The summed E-state index contributed by atoms with van der Waals surface area (Å²) in [6.07, 6.45) is 2.85. The molecule has 0 N–H and O–H groups in total. The molecule has 0 aliphatic heterocycles. The third kappa shape index (κ3) is 24.7. The molecule has 7 heavy (non-hydrogen) atoms. The van der Waals surface area contributed by atoms with E-state index in [2.05, 4.69) is 13.8 Å². The first kappa shape index (κ1) is 10.0. The first-order valence-corrected chi connectivity index (χ1v) is 4.09. The lowest BCUT2D eigenvalue weighted by Gasteiger charge is -1.72. The number of nitrogens with zero attached hydrogens (tertiary/aromatic N) is 1. The number of rotatable bonds is 2. The zero-order valence-electron chi connectivity index (χ0n) is 4.94. The number of hydrogen-bond acceptors (Lipinski definition) is 1. The smallest absolute Gasteiger partial charge is 0.0521 e. The summed E-state index contributed by atoms with van der Waals surface area (Å²) < 4.78 is 0. The van der Waals surface area contributed by atoms with E-state index in [0.717, 1.165) is 8.58 Å². The molecule has 0 saturated carbocycles. The van der Waals surface area contributed by atoms with Crippen molar-refractivity contribution in [1.82, 2.24) is 0 Å². The fourth-order valence-electron chi connectivity index (χ4n) is 0.289. The molecule has 0 rings (SSSR count). The topological polar surface area (TPSA) is 23.8 Å². The van der Waals surface area contributed by atoms with Gasteiger partial charge in [-0.15, -0.1) is 0 Å². The Bertz CT molecular complexity index is 32.3. The molecular weight excluding hydrogens is 105 g/mol.